The van der Waals surface area contributed by atoms with Crippen LogP contribution >= 0.6 is 46.6 Å². The quantitative estimate of drug-likeness (QED) is 0.356. The fourth-order valence-electron chi connectivity index (χ4n) is 4.00. The van der Waals surface area contributed by atoms with Crippen LogP contribution in [0.3, 0.4) is 0 Å². The third-order valence-electron chi connectivity index (χ3n) is 5.84. The standard InChI is InChI=1S/C24H21Cl3N4O4S/c1-36-24-28-10-15(29-24)9-18(23(34)35)30-21(32)19-17(26)8-13-11-31(7-6-16(13)20(19)27)22(33)12-2-4-14(25)5-3-12/h2-5,8,10,18H,6-7,9,11H2,1H3,(H,28,29)(H,30,32)(H,34,35)/t18-/m0/s1. The summed E-state index contributed by atoms with van der Waals surface area (Å²) in [7, 11) is 0. The van der Waals surface area contributed by atoms with Crippen molar-refractivity contribution < 1.29 is 19.5 Å². The summed E-state index contributed by atoms with van der Waals surface area (Å²) in [6, 6.07) is 7.03. The van der Waals surface area contributed by atoms with Crippen LogP contribution in [0, 0.1) is 0 Å². The fourth-order valence-corrected chi connectivity index (χ4v) is 5.29. The zero-order valence-electron chi connectivity index (χ0n) is 19.0. The fraction of sp³-hybridized carbons (Fsp3) is 0.250. The second kappa shape index (κ2) is 11.1. The first-order valence-electron chi connectivity index (χ1n) is 10.8. The van der Waals surface area contributed by atoms with Gasteiger partial charge >= 0.3 is 5.97 Å². The van der Waals surface area contributed by atoms with Crippen LogP contribution in [0.4, 0.5) is 0 Å². The molecule has 1 aliphatic heterocycles. The average molecular weight is 568 g/mol. The van der Waals surface area contributed by atoms with Gasteiger partial charge in [0, 0.05) is 42.0 Å². The molecule has 0 bridgehead atoms. The number of H-pyrrole nitrogens is 1. The van der Waals surface area contributed by atoms with Gasteiger partial charge in [-0.05, 0) is 54.1 Å². The zero-order chi connectivity index (χ0) is 26.0. The Bertz CT molecular complexity index is 1330. The van der Waals surface area contributed by atoms with Gasteiger partial charge in [0.1, 0.15) is 6.04 Å². The van der Waals surface area contributed by atoms with E-state index in [1.165, 1.54) is 18.0 Å². The molecule has 3 N–H and O–H groups in total. The van der Waals surface area contributed by atoms with Crippen molar-refractivity contribution in [1.29, 1.82) is 0 Å². The molecule has 1 atom stereocenters. The largest absolute Gasteiger partial charge is 0.480 e. The lowest BCUT2D eigenvalue weighted by Gasteiger charge is -2.30. The van der Waals surface area contributed by atoms with Crippen molar-refractivity contribution in [1.82, 2.24) is 20.2 Å². The molecule has 0 fully saturated rings. The molecule has 8 nitrogen and oxygen atoms in total. The summed E-state index contributed by atoms with van der Waals surface area (Å²) in [5.74, 6) is -2.05. The Morgan fingerprint density at radius 1 is 1.22 bits per heavy atom. The highest BCUT2D eigenvalue weighted by atomic mass is 35.5. The summed E-state index contributed by atoms with van der Waals surface area (Å²) in [5.41, 5.74) is 2.52. The summed E-state index contributed by atoms with van der Waals surface area (Å²) in [5, 5.41) is 13.6. The number of thioether (sulfide) groups is 1. The molecule has 0 spiro atoms. The first-order chi connectivity index (χ1) is 17.2. The molecule has 0 saturated carbocycles. The maximum absolute atomic E-state index is 13.1. The Labute approximate surface area is 226 Å². The Balaban J connectivity index is 1.53. The second-order valence-electron chi connectivity index (χ2n) is 8.15. The van der Waals surface area contributed by atoms with Gasteiger partial charge in [-0.1, -0.05) is 46.6 Å². The van der Waals surface area contributed by atoms with Crippen LogP contribution in [0.25, 0.3) is 0 Å². The monoisotopic (exact) mass is 566 g/mol. The number of hydrogen-bond donors (Lipinski definition) is 3. The minimum absolute atomic E-state index is 0.00947. The summed E-state index contributed by atoms with van der Waals surface area (Å²) < 4.78 is 0. The number of imidazole rings is 1. The third-order valence-corrected chi connectivity index (χ3v) is 7.40. The predicted molar refractivity (Wildman–Crippen MR) is 139 cm³/mol. The molecule has 12 heteroatoms. The van der Waals surface area contributed by atoms with Crippen molar-refractivity contribution in [3.8, 4) is 0 Å². The van der Waals surface area contributed by atoms with Crippen molar-refractivity contribution in [2.24, 2.45) is 0 Å². The number of rotatable bonds is 7. The highest BCUT2D eigenvalue weighted by Gasteiger charge is 2.30. The first kappa shape index (κ1) is 26.3. The van der Waals surface area contributed by atoms with Crippen molar-refractivity contribution >= 4 is 64.3 Å². The molecular weight excluding hydrogens is 547 g/mol. The molecule has 0 radical (unpaired) electrons. The molecule has 1 aliphatic rings. The number of carbonyl (C=O) groups excluding carboxylic acids is 2. The molecule has 2 amide bonds. The van der Waals surface area contributed by atoms with Crippen LogP contribution in [0.1, 0.15) is 37.5 Å². The van der Waals surface area contributed by atoms with Crippen LogP contribution in [-0.4, -0.2) is 56.6 Å². The Morgan fingerprint density at radius 2 is 1.94 bits per heavy atom. The predicted octanol–water partition coefficient (Wildman–Crippen LogP) is 4.72. The molecule has 188 valence electrons. The van der Waals surface area contributed by atoms with Gasteiger partial charge < -0.3 is 20.3 Å². The smallest absolute Gasteiger partial charge is 0.326 e. The maximum atomic E-state index is 13.1. The van der Waals surface area contributed by atoms with Crippen molar-refractivity contribution in [2.75, 3.05) is 12.8 Å². The van der Waals surface area contributed by atoms with Gasteiger partial charge in [0.25, 0.3) is 11.8 Å². The number of carboxylic acids is 1. The van der Waals surface area contributed by atoms with Gasteiger partial charge in [0.2, 0.25) is 0 Å². The highest BCUT2D eigenvalue weighted by Crippen LogP contribution is 2.35. The van der Waals surface area contributed by atoms with Crippen LogP contribution in [0.2, 0.25) is 15.1 Å². The van der Waals surface area contributed by atoms with E-state index in [1.807, 2.05) is 6.26 Å². The number of fused-ring (bicyclic) bond motifs is 1. The molecule has 2 heterocycles. The average Bonchev–Trinajstić information content (AvgIpc) is 3.31. The number of aromatic amines is 1. The van der Waals surface area contributed by atoms with E-state index >= 15 is 0 Å². The normalized spacial score (nSPS) is 13.7. The number of aliphatic carboxylic acids is 1. The lowest BCUT2D eigenvalue weighted by molar-refractivity contribution is -0.139. The minimum atomic E-state index is -1.22. The summed E-state index contributed by atoms with van der Waals surface area (Å²) in [6.07, 6.45) is 3.80. The molecule has 0 saturated heterocycles. The minimum Gasteiger partial charge on any atom is -0.480 e. The number of benzene rings is 2. The second-order valence-corrected chi connectivity index (χ2v) is 10.2. The molecule has 0 aliphatic carbocycles. The Kier molecular flexibility index (Phi) is 8.14. The van der Waals surface area contributed by atoms with Crippen LogP contribution in [-0.2, 0) is 24.2 Å². The number of halogens is 3. The summed E-state index contributed by atoms with van der Waals surface area (Å²) in [4.78, 5) is 46.6. The molecule has 3 aromatic rings. The summed E-state index contributed by atoms with van der Waals surface area (Å²) >= 11 is 20.3. The van der Waals surface area contributed by atoms with Gasteiger partial charge in [-0.2, -0.15) is 0 Å². The molecule has 0 unspecified atom stereocenters. The SMILES string of the molecule is CSc1ncc(C[C@H](NC(=O)c2c(Cl)cc3c(c2Cl)CCN(C(=O)c2ccc(Cl)cc2)C3)C(=O)O)[nH]1. The lowest BCUT2D eigenvalue weighted by atomic mass is 9.95. The van der Waals surface area contributed by atoms with E-state index < -0.39 is 17.9 Å². The highest BCUT2D eigenvalue weighted by molar-refractivity contribution is 7.98. The molecule has 1 aromatic heterocycles. The van der Waals surface area contributed by atoms with Gasteiger partial charge in [0.15, 0.2) is 5.16 Å². The van der Waals surface area contributed by atoms with E-state index in [9.17, 15) is 19.5 Å². The van der Waals surface area contributed by atoms with E-state index in [4.69, 9.17) is 34.8 Å². The number of nitrogens with one attached hydrogen (secondary N) is 2. The van der Waals surface area contributed by atoms with E-state index in [2.05, 4.69) is 15.3 Å². The van der Waals surface area contributed by atoms with Crippen LogP contribution < -0.4 is 5.32 Å². The molecule has 2 aromatic carbocycles. The maximum Gasteiger partial charge on any atom is 0.326 e. The Hall–Kier alpha value is -2.72. The lowest BCUT2D eigenvalue weighted by Crippen LogP contribution is -2.43. The number of carboxylic acid groups (broad SMARTS) is 1. The van der Waals surface area contributed by atoms with Gasteiger partial charge in [-0.3, -0.25) is 9.59 Å². The number of aromatic nitrogens is 2. The van der Waals surface area contributed by atoms with Gasteiger partial charge in [0.05, 0.1) is 15.6 Å². The Morgan fingerprint density at radius 3 is 2.58 bits per heavy atom. The van der Waals surface area contributed by atoms with Crippen LogP contribution in [0.15, 0.2) is 41.7 Å². The molecular formula is C24H21Cl3N4O4S. The number of carbonyl (C=O) groups is 3. The number of nitrogens with zero attached hydrogens (tertiary/aromatic N) is 2. The molecule has 4 rings (SSSR count). The molecule has 36 heavy (non-hydrogen) atoms. The summed E-state index contributed by atoms with van der Waals surface area (Å²) in [6.45, 7) is 0.666. The topological polar surface area (TPSA) is 115 Å². The zero-order valence-corrected chi connectivity index (χ0v) is 22.1. The van der Waals surface area contributed by atoms with Gasteiger partial charge in [-0.25, -0.2) is 9.78 Å². The van der Waals surface area contributed by atoms with E-state index in [-0.39, 0.29) is 34.5 Å². The van der Waals surface area contributed by atoms with Crippen molar-refractivity contribution in [2.45, 2.75) is 30.6 Å². The van der Waals surface area contributed by atoms with Crippen LogP contribution in [0.5, 0.6) is 0 Å². The van der Waals surface area contributed by atoms with E-state index in [0.29, 0.717) is 40.0 Å². The number of hydrogen-bond acceptors (Lipinski definition) is 5. The third kappa shape index (κ3) is 5.64. The number of amides is 2. The van der Waals surface area contributed by atoms with Gasteiger partial charge in [-0.15, -0.1) is 0 Å². The van der Waals surface area contributed by atoms with Crippen molar-refractivity contribution in [3.05, 3.63) is 79.5 Å². The van der Waals surface area contributed by atoms with E-state index in [1.54, 1.807) is 35.2 Å². The van der Waals surface area contributed by atoms with E-state index in [0.717, 1.165) is 5.56 Å². The first-order valence-corrected chi connectivity index (χ1v) is 13.2. The van der Waals surface area contributed by atoms with Crippen molar-refractivity contribution in [3.63, 3.8) is 0 Å².